The second-order valence-corrected chi connectivity index (χ2v) is 3.40. The normalized spacial score (nSPS) is 24.7. The van der Waals surface area contributed by atoms with Gasteiger partial charge in [0.1, 0.15) is 6.29 Å². The van der Waals surface area contributed by atoms with Gasteiger partial charge in [-0.25, -0.2) is 4.79 Å². The van der Waals surface area contributed by atoms with Crippen LogP contribution in [0.15, 0.2) is 0 Å². The third kappa shape index (κ3) is 1.86. The van der Waals surface area contributed by atoms with Crippen molar-refractivity contribution in [1.82, 2.24) is 4.90 Å². The molecule has 0 saturated carbocycles. The summed E-state index contributed by atoms with van der Waals surface area (Å²) >= 11 is 1.61. The summed E-state index contributed by atoms with van der Waals surface area (Å²) < 4.78 is 0. The van der Waals surface area contributed by atoms with Gasteiger partial charge in [0.2, 0.25) is 0 Å². The highest BCUT2D eigenvalue weighted by atomic mass is 32.2. The van der Waals surface area contributed by atoms with E-state index >= 15 is 0 Å². The molecule has 0 radical (unpaired) electrons. The predicted molar refractivity (Wildman–Crippen MR) is 41.9 cm³/mol. The first-order chi connectivity index (χ1) is 5.25. The van der Waals surface area contributed by atoms with Crippen LogP contribution >= 0.6 is 11.8 Å². The number of aldehydes is 1. The molecule has 5 heteroatoms. The van der Waals surface area contributed by atoms with Gasteiger partial charge in [-0.3, -0.25) is 4.90 Å². The minimum absolute atomic E-state index is 0.439. The largest absolute Gasteiger partial charge is 0.465 e. The van der Waals surface area contributed by atoms with Crippen LogP contribution in [0.5, 0.6) is 0 Å². The van der Waals surface area contributed by atoms with Crippen LogP contribution in [-0.2, 0) is 4.79 Å². The number of carbonyl (C=O) groups excluding carboxylic acids is 1. The Hall–Kier alpha value is -0.710. The van der Waals surface area contributed by atoms with Gasteiger partial charge in [-0.15, -0.1) is 0 Å². The van der Waals surface area contributed by atoms with E-state index in [4.69, 9.17) is 5.11 Å². The molecular formula is C6H9NO3S. The first kappa shape index (κ1) is 8.39. The van der Waals surface area contributed by atoms with Crippen LogP contribution in [0.3, 0.4) is 0 Å². The van der Waals surface area contributed by atoms with Crippen molar-refractivity contribution in [2.45, 2.75) is 6.04 Å². The van der Waals surface area contributed by atoms with Crippen molar-refractivity contribution in [2.75, 3.05) is 18.1 Å². The van der Waals surface area contributed by atoms with E-state index in [1.54, 1.807) is 11.8 Å². The molecule has 1 heterocycles. The molecule has 0 spiro atoms. The molecule has 1 fully saturated rings. The number of nitrogens with zero attached hydrogens (tertiary/aromatic N) is 1. The lowest BCUT2D eigenvalue weighted by atomic mass is 10.3. The lowest BCUT2D eigenvalue weighted by molar-refractivity contribution is -0.111. The van der Waals surface area contributed by atoms with E-state index in [-0.39, 0.29) is 0 Å². The highest BCUT2D eigenvalue weighted by molar-refractivity contribution is 7.99. The van der Waals surface area contributed by atoms with Gasteiger partial charge in [-0.05, 0) is 0 Å². The number of amides is 1. The number of hydrogen-bond donors (Lipinski definition) is 1. The predicted octanol–water partition coefficient (Wildman–Crippen LogP) is 0.281. The van der Waals surface area contributed by atoms with Gasteiger partial charge in [0, 0.05) is 18.1 Å². The van der Waals surface area contributed by atoms with Crippen molar-refractivity contribution in [3.8, 4) is 0 Å². The summed E-state index contributed by atoms with van der Waals surface area (Å²) in [4.78, 5) is 22.0. The Labute approximate surface area is 68.6 Å². The molecule has 0 aromatic carbocycles. The molecule has 4 nitrogen and oxygen atoms in total. The zero-order valence-corrected chi connectivity index (χ0v) is 6.71. The topological polar surface area (TPSA) is 57.6 Å². The minimum Gasteiger partial charge on any atom is -0.465 e. The minimum atomic E-state index is -0.998. The third-order valence-corrected chi connectivity index (χ3v) is 2.62. The van der Waals surface area contributed by atoms with E-state index in [0.717, 1.165) is 5.75 Å². The standard InChI is InChI=1S/C6H9NO3S/c8-3-5-4-11-2-1-7(5)6(9)10/h3,5H,1-2,4H2,(H,9,10)/t5-/m1/s1. The van der Waals surface area contributed by atoms with Crippen LogP contribution < -0.4 is 0 Å². The first-order valence-electron chi connectivity index (χ1n) is 3.28. The molecule has 1 rings (SSSR count). The van der Waals surface area contributed by atoms with Gasteiger partial charge in [-0.2, -0.15) is 11.8 Å². The summed E-state index contributed by atoms with van der Waals surface area (Å²) in [5, 5.41) is 8.60. The second kappa shape index (κ2) is 3.61. The second-order valence-electron chi connectivity index (χ2n) is 2.25. The zero-order valence-electron chi connectivity index (χ0n) is 5.90. The fourth-order valence-corrected chi connectivity index (χ4v) is 1.97. The number of carboxylic acid groups (broad SMARTS) is 1. The van der Waals surface area contributed by atoms with Crippen LogP contribution in [0.25, 0.3) is 0 Å². The lowest BCUT2D eigenvalue weighted by Gasteiger charge is -2.28. The Morgan fingerprint density at radius 1 is 1.73 bits per heavy atom. The third-order valence-electron chi connectivity index (χ3n) is 1.57. The van der Waals surface area contributed by atoms with E-state index in [2.05, 4.69) is 0 Å². The molecule has 1 saturated heterocycles. The fraction of sp³-hybridized carbons (Fsp3) is 0.667. The highest BCUT2D eigenvalue weighted by Gasteiger charge is 2.25. The molecule has 62 valence electrons. The number of hydrogen-bond acceptors (Lipinski definition) is 3. The van der Waals surface area contributed by atoms with Crippen LogP contribution in [0.1, 0.15) is 0 Å². The van der Waals surface area contributed by atoms with Crippen molar-refractivity contribution < 1.29 is 14.7 Å². The highest BCUT2D eigenvalue weighted by Crippen LogP contribution is 2.14. The molecule has 1 atom stereocenters. The number of rotatable bonds is 1. The van der Waals surface area contributed by atoms with Gasteiger partial charge in [0.05, 0.1) is 6.04 Å². The number of thioether (sulfide) groups is 1. The SMILES string of the molecule is O=C[C@@H]1CSCCN1C(=O)O. The molecule has 1 amide bonds. The monoisotopic (exact) mass is 175 g/mol. The van der Waals surface area contributed by atoms with Crippen LogP contribution in [-0.4, -0.2) is 46.5 Å². The summed E-state index contributed by atoms with van der Waals surface area (Å²) in [5.41, 5.74) is 0. The van der Waals surface area contributed by atoms with Gasteiger partial charge < -0.3 is 9.90 Å². The summed E-state index contributed by atoms with van der Waals surface area (Å²) in [5.74, 6) is 1.38. The van der Waals surface area contributed by atoms with Crippen LogP contribution in [0.4, 0.5) is 4.79 Å². The Morgan fingerprint density at radius 2 is 2.45 bits per heavy atom. The van der Waals surface area contributed by atoms with Gasteiger partial charge in [0.25, 0.3) is 0 Å². The van der Waals surface area contributed by atoms with Crippen LogP contribution in [0, 0.1) is 0 Å². The van der Waals surface area contributed by atoms with E-state index < -0.39 is 12.1 Å². The summed E-state index contributed by atoms with van der Waals surface area (Å²) in [6.45, 7) is 0.462. The summed E-state index contributed by atoms with van der Waals surface area (Å²) in [6, 6.07) is -0.439. The maximum absolute atomic E-state index is 10.5. The molecule has 0 aromatic heterocycles. The molecule has 1 N–H and O–H groups in total. The fourth-order valence-electron chi connectivity index (χ4n) is 0.973. The average Bonchev–Trinajstić information content (AvgIpc) is 2.04. The molecular weight excluding hydrogens is 166 g/mol. The Kier molecular flexibility index (Phi) is 2.76. The zero-order chi connectivity index (χ0) is 8.27. The van der Waals surface area contributed by atoms with Gasteiger partial charge in [0.15, 0.2) is 0 Å². The van der Waals surface area contributed by atoms with Crippen molar-refractivity contribution in [3.63, 3.8) is 0 Å². The van der Waals surface area contributed by atoms with Crippen molar-refractivity contribution in [3.05, 3.63) is 0 Å². The summed E-state index contributed by atoms with van der Waals surface area (Å²) in [7, 11) is 0. The molecule has 11 heavy (non-hydrogen) atoms. The van der Waals surface area contributed by atoms with Gasteiger partial charge in [-0.1, -0.05) is 0 Å². The van der Waals surface area contributed by atoms with Crippen molar-refractivity contribution in [2.24, 2.45) is 0 Å². The first-order valence-corrected chi connectivity index (χ1v) is 4.44. The summed E-state index contributed by atoms with van der Waals surface area (Å²) in [6.07, 6.45) is -0.303. The Balaban J connectivity index is 2.58. The van der Waals surface area contributed by atoms with Crippen LogP contribution in [0.2, 0.25) is 0 Å². The molecule has 0 aliphatic carbocycles. The number of carbonyl (C=O) groups is 2. The smallest absolute Gasteiger partial charge is 0.407 e. The lowest BCUT2D eigenvalue weighted by Crippen LogP contribution is -2.46. The van der Waals surface area contributed by atoms with E-state index in [1.807, 2.05) is 0 Å². The molecule has 1 aliphatic heterocycles. The van der Waals surface area contributed by atoms with Crippen molar-refractivity contribution >= 4 is 24.1 Å². The molecule has 0 bridgehead atoms. The van der Waals surface area contributed by atoms with E-state index in [1.165, 1.54) is 4.90 Å². The van der Waals surface area contributed by atoms with Gasteiger partial charge >= 0.3 is 6.09 Å². The average molecular weight is 175 g/mol. The molecule has 1 aliphatic rings. The van der Waals surface area contributed by atoms with Crippen molar-refractivity contribution in [1.29, 1.82) is 0 Å². The Bertz CT molecular complexity index is 173. The molecule has 0 aromatic rings. The van der Waals surface area contributed by atoms with E-state index in [9.17, 15) is 9.59 Å². The quantitative estimate of drug-likeness (QED) is 0.581. The molecule has 0 unspecified atom stereocenters. The maximum Gasteiger partial charge on any atom is 0.407 e. The Morgan fingerprint density at radius 3 is 2.91 bits per heavy atom. The van der Waals surface area contributed by atoms with E-state index in [0.29, 0.717) is 18.6 Å². The maximum atomic E-state index is 10.5.